The number of rotatable bonds is 18. The SMILES string of the molecule is CCCCCCCCCCCCCCCC/C=C/[N+](C)(C)Cc1ccccc1.[Cl-]. The molecular formula is C27H48ClN. The molecule has 0 aliphatic carbocycles. The third kappa shape index (κ3) is 17.8. The van der Waals surface area contributed by atoms with E-state index in [4.69, 9.17) is 0 Å². The van der Waals surface area contributed by atoms with Crippen molar-refractivity contribution in [3.8, 4) is 0 Å². The molecule has 1 aromatic carbocycles. The van der Waals surface area contributed by atoms with E-state index in [1.165, 1.54) is 102 Å². The molecule has 1 rings (SSSR count). The molecule has 0 aromatic heterocycles. The molecule has 1 nitrogen and oxygen atoms in total. The van der Waals surface area contributed by atoms with Crippen LogP contribution in [0.3, 0.4) is 0 Å². The number of allylic oxidation sites excluding steroid dienone is 1. The Bertz CT molecular complexity index is 481. The van der Waals surface area contributed by atoms with E-state index in [0.717, 1.165) is 11.0 Å². The lowest BCUT2D eigenvalue weighted by molar-refractivity contribution is -0.852. The summed E-state index contributed by atoms with van der Waals surface area (Å²) < 4.78 is 0.933. The normalized spacial score (nSPS) is 11.7. The van der Waals surface area contributed by atoms with Crippen molar-refractivity contribution >= 4 is 0 Å². The zero-order valence-corrected chi connectivity index (χ0v) is 20.4. The first-order valence-electron chi connectivity index (χ1n) is 12.2. The zero-order chi connectivity index (χ0) is 20.3. The van der Waals surface area contributed by atoms with E-state index in [1.54, 1.807) is 0 Å². The molecule has 0 N–H and O–H groups in total. The Morgan fingerprint density at radius 3 is 1.59 bits per heavy atom. The Morgan fingerprint density at radius 2 is 1.10 bits per heavy atom. The van der Waals surface area contributed by atoms with Gasteiger partial charge in [0, 0.05) is 5.56 Å². The van der Waals surface area contributed by atoms with Crippen LogP contribution in [0.4, 0.5) is 0 Å². The van der Waals surface area contributed by atoms with Crippen LogP contribution in [0.25, 0.3) is 0 Å². The Hall–Kier alpha value is -0.790. The van der Waals surface area contributed by atoms with Gasteiger partial charge in [-0.15, -0.1) is 0 Å². The highest BCUT2D eigenvalue weighted by atomic mass is 35.5. The molecule has 2 heteroatoms. The summed E-state index contributed by atoms with van der Waals surface area (Å²) in [5, 5.41) is 0. The minimum Gasteiger partial charge on any atom is -1.00 e. The van der Waals surface area contributed by atoms with Crippen molar-refractivity contribution in [1.29, 1.82) is 0 Å². The minimum atomic E-state index is 0. The molecule has 0 heterocycles. The van der Waals surface area contributed by atoms with Gasteiger partial charge in [0.15, 0.2) is 0 Å². The summed E-state index contributed by atoms with van der Waals surface area (Å²) in [5.41, 5.74) is 1.41. The average molecular weight is 422 g/mol. The van der Waals surface area contributed by atoms with Crippen LogP contribution < -0.4 is 12.4 Å². The third-order valence-corrected chi connectivity index (χ3v) is 5.67. The maximum atomic E-state index is 2.39. The summed E-state index contributed by atoms with van der Waals surface area (Å²) in [5.74, 6) is 0. The summed E-state index contributed by atoms with van der Waals surface area (Å²) >= 11 is 0. The van der Waals surface area contributed by atoms with Gasteiger partial charge in [0.05, 0.1) is 20.3 Å². The van der Waals surface area contributed by atoms with E-state index in [1.807, 2.05) is 0 Å². The van der Waals surface area contributed by atoms with Crippen molar-refractivity contribution in [2.45, 2.75) is 110 Å². The van der Waals surface area contributed by atoms with Crippen LogP contribution in [0.5, 0.6) is 0 Å². The molecule has 29 heavy (non-hydrogen) atoms. The largest absolute Gasteiger partial charge is 1.00 e. The number of unbranched alkanes of at least 4 members (excludes halogenated alkanes) is 14. The lowest BCUT2D eigenvalue weighted by Gasteiger charge is -2.25. The first kappa shape index (κ1) is 28.2. The molecule has 1 aromatic rings. The fourth-order valence-corrected chi connectivity index (χ4v) is 3.92. The fourth-order valence-electron chi connectivity index (χ4n) is 3.92. The standard InChI is InChI=1S/C27H48N.ClH/c1-4-5-6-7-8-9-10-11-12-13-14-15-16-17-18-22-25-28(2,3)26-27-23-20-19-21-24-27;/h19-25H,4-18,26H2,1-3H3;1H/q+1;/p-1/b25-22+;. The van der Waals surface area contributed by atoms with Crippen LogP contribution in [0.2, 0.25) is 0 Å². The average Bonchev–Trinajstić information content (AvgIpc) is 2.68. The fraction of sp³-hybridized carbons (Fsp3) is 0.704. The molecule has 0 amide bonds. The lowest BCUT2D eigenvalue weighted by atomic mass is 10.0. The molecule has 0 fully saturated rings. The highest BCUT2D eigenvalue weighted by Gasteiger charge is 2.11. The molecule has 0 bridgehead atoms. The Labute approximate surface area is 189 Å². The van der Waals surface area contributed by atoms with E-state index in [0.29, 0.717) is 0 Å². The van der Waals surface area contributed by atoms with Crippen LogP contribution in [0.15, 0.2) is 42.6 Å². The van der Waals surface area contributed by atoms with Crippen molar-refractivity contribution in [3.05, 3.63) is 48.2 Å². The van der Waals surface area contributed by atoms with Crippen molar-refractivity contribution in [2.24, 2.45) is 0 Å². The van der Waals surface area contributed by atoms with Crippen molar-refractivity contribution in [2.75, 3.05) is 14.1 Å². The van der Waals surface area contributed by atoms with Gasteiger partial charge in [-0.25, -0.2) is 0 Å². The second-order valence-corrected chi connectivity index (χ2v) is 9.19. The predicted octanol–water partition coefficient (Wildman–Crippen LogP) is 5.65. The third-order valence-electron chi connectivity index (χ3n) is 5.67. The first-order chi connectivity index (χ1) is 13.6. The first-order valence-corrected chi connectivity index (χ1v) is 12.2. The second kappa shape index (κ2) is 19.2. The number of hydrogen-bond donors (Lipinski definition) is 0. The number of benzene rings is 1. The summed E-state index contributed by atoms with van der Waals surface area (Å²) in [6, 6.07) is 10.8. The van der Waals surface area contributed by atoms with Gasteiger partial charge in [-0.2, -0.15) is 0 Å². The molecule has 0 spiro atoms. The highest BCUT2D eigenvalue weighted by Crippen LogP contribution is 2.14. The lowest BCUT2D eigenvalue weighted by Crippen LogP contribution is -3.00. The van der Waals surface area contributed by atoms with E-state index < -0.39 is 0 Å². The van der Waals surface area contributed by atoms with Crippen molar-refractivity contribution in [3.63, 3.8) is 0 Å². The summed E-state index contributed by atoms with van der Waals surface area (Å²) in [4.78, 5) is 0. The second-order valence-electron chi connectivity index (χ2n) is 9.19. The minimum absolute atomic E-state index is 0. The zero-order valence-electron chi connectivity index (χ0n) is 19.7. The number of halogens is 1. The predicted molar refractivity (Wildman–Crippen MR) is 126 cm³/mol. The van der Waals surface area contributed by atoms with Gasteiger partial charge in [0.2, 0.25) is 0 Å². The number of nitrogens with zero attached hydrogens (tertiary/aromatic N) is 1. The van der Waals surface area contributed by atoms with E-state index >= 15 is 0 Å². The van der Waals surface area contributed by atoms with Crippen molar-refractivity contribution < 1.29 is 16.9 Å². The summed E-state index contributed by atoms with van der Waals surface area (Å²) in [6.45, 7) is 3.36. The van der Waals surface area contributed by atoms with E-state index in [2.05, 4.69) is 63.6 Å². The van der Waals surface area contributed by atoms with Gasteiger partial charge in [-0.3, -0.25) is 4.48 Å². The molecule has 0 atom stereocenters. The Kier molecular flexibility index (Phi) is 18.7. The molecule has 0 radical (unpaired) electrons. The van der Waals surface area contributed by atoms with E-state index in [9.17, 15) is 0 Å². The van der Waals surface area contributed by atoms with Crippen LogP contribution in [0, 0.1) is 0 Å². The van der Waals surface area contributed by atoms with Gasteiger partial charge in [0.25, 0.3) is 0 Å². The molecule has 0 saturated heterocycles. The molecule has 0 aliphatic rings. The highest BCUT2D eigenvalue weighted by molar-refractivity contribution is 5.13. The maximum Gasteiger partial charge on any atom is 0.108 e. The Balaban J connectivity index is 0.00000784. The van der Waals surface area contributed by atoms with Gasteiger partial charge in [0.1, 0.15) is 6.54 Å². The number of hydrogen-bond acceptors (Lipinski definition) is 0. The van der Waals surface area contributed by atoms with Gasteiger partial charge in [-0.05, 0) is 18.9 Å². The molecule has 0 aliphatic heterocycles. The quantitative estimate of drug-likeness (QED) is 0.212. The van der Waals surface area contributed by atoms with Gasteiger partial charge in [-0.1, -0.05) is 121 Å². The van der Waals surface area contributed by atoms with Gasteiger partial charge >= 0.3 is 0 Å². The van der Waals surface area contributed by atoms with Crippen LogP contribution >= 0.6 is 0 Å². The van der Waals surface area contributed by atoms with Crippen LogP contribution in [0.1, 0.15) is 109 Å². The van der Waals surface area contributed by atoms with Gasteiger partial charge < -0.3 is 12.4 Å². The summed E-state index contributed by atoms with van der Waals surface area (Å²) in [6.07, 6.45) is 26.1. The summed E-state index contributed by atoms with van der Waals surface area (Å²) in [7, 11) is 4.57. The topological polar surface area (TPSA) is 0 Å². The van der Waals surface area contributed by atoms with Crippen LogP contribution in [-0.4, -0.2) is 18.6 Å². The molecular weight excluding hydrogens is 374 g/mol. The number of quaternary nitrogens is 1. The molecule has 0 saturated carbocycles. The van der Waals surface area contributed by atoms with E-state index in [-0.39, 0.29) is 12.4 Å². The Morgan fingerprint density at radius 1 is 0.655 bits per heavy atom. The maximum absolute atomic E-state index is 2.39. The smallest absolute Gasteiger partial charge is 0.108 e. The van der Waals surface area contributed by atoms with Crippen molar-refractivity contribution in [1.82, 2.24) is 0 Å². The van der Waals surface area contributed by atoms with Crippen LogP contribution in [-0.2, 0) is 6.54 Å². The molecule has 168 valence electrons. The monoisotopic (exact) mass is 421 g/mol. The molecule has 0 unspecified atom stereocenters.